The molecule has 3 rings (SSSR count). The highest BCUT2D eigenvalue weighted by molar-refractivity contribution is 5.92. The fraction of sp³-hybridized carbons (Fsp3) is 0.125. The molecular formula is C16H14N6O3. The number of carbonyl (C=O) groups is 1. The second-order valence-electron chi connectivity index (χ2n) is 5.36. The van der Waals surface area contributed by atoms with Gasteiger partial charge in [0.05, 0.1) is 11.3 Å². The number of hydrogen-bond donors (Lipinski definition) is 1. The molecule has 0 saturated carbocycles. The summed E-state index contributed by atoms with van der Waals surface area (Å²) in [6.07, 6.45) is 0.0391. The Balaban J connectivity index is 1.72. The van der Waals surface area contributed by atoms with E-state index >= 15 is 0 Å². The Labute approximate surface area is 142 Å². The number of nitro groups is 1. The lowest BCUT2D eigenvalue weighted by molar-refractivity contribution is -0.384. The van der Waals surface area contributed by atoms with Crippen molar-refractivity contribution in [2.45, 2.75) is 6.42 Å². The standard InChI is InChI=1S/C16H14N6O3/c1-21-16(18-19-20-21)12-5-3-6-13(10-12)17-15(23)9-11-4-2-7-14(8-11)22(24)25/h2-8,10H,9H2,1H3,(H,17,23). The minimum Gasteiger partial charge on any atom is -0.326 e. The number of hydrogen-bond acceptors (Lipinski definition) is 6. The lowest BCUT2D eigenvalue weighted by Gasteiger charge is -2.07. The minimum atomic E-state index is -0.486. The molecule has 0 aliphatic carbocycles. The number of tetrazole rings is 1. The van der Waals surface area contributed by atoms with Gasteiger partial charge in [-0.25, -0.2) is 4.68 Å². The maximum atomic E-state index is 12.2. The zero-order valence-corrected chi connectivity index (χ0v) is 13.3. The van der Waals surface area contributed by atoms with E-state index < -0.39 is 4.92 Å². The molecule has 2 aromatic carbocycles. The third-order valence-electron chi connectivity index (χ3n) is 3.51. The van der Waals surface area contributed by atoms with Crippen molar-refractivity contribution >= 4 is 17.3 Å². The van der Waals surface area contributed by atoms with E-state index in [-0.39, 0.29) is 18.0 Å². The lowest BCUT2D eigenvalue weighted by Crippen LogP contribution is -2.14. The van der Waals surface area contributed by atoms with Crippen LogP contribution in [0.3, 0.4) is 0 Å². The Morgan fingerprint density at radius 3 is 2.76 bits per heavy atom. The first-order valence-corrected chi connectivity index (χ1v) is 7.39. The number of aryl methyl sites for hydroxylation is 1. The number of rotatable bonds is 5. The number of non-ortho nitro benzene ring substituents is 1. The van der Waals surface area contributed by atoms with Crippen molar-refractivity contribution in [3.63, 3.8) is 0 Å². The molecule has 0 radical (unpaired) electrons. The van der Waals surface area contributed by atoms with Crippen LogP contribution >= 0.6 is 0 Å². The number of amides is 1. The van der Waals surface area contributed by atoms with E-state index in [1.807, 2.05) is 6.07 Å². The third-order valence-corrected chi connectivity index (χ3v) is 3.51. The molecule has 0 atom stereocenters. The zero-order valence-electron chi connectivity index (χ0n) is 13.3. The number of carbonyl (C=O) groups excluding carboxylic acids is 1. The van der Waals surface area contributed by atoms with Crippen molar-refractivity contribution in [2.24, 2.45) is 7.05 Å². The van der Waals surface area contributed by atoms with Crippen LogP contribution in [0.4, 0.5) is 11.4 Å². The number of aromatic nitrogens is 4. The van der Waals surface area contributed by atoms with Crippen LogP contribution in [0.25, 0.3) is 11.4 Å². The molecule has 9 nitrogen and oxygen atoms in total. The highest BCUT2D eigenvalue weighted by Crippen LogP contribution is 2.20. The van der Waals surface area contributed by atoms with Gasteiger partial charge in [0.2, 0.25) is 5.91 Å². The van der Waals surface area contributed by atoms with Gasteiger partial charge in [-0.05, 0) is 28.1 Å². The topological polar surface area (TPSA) is 116 Å². The minimum absolute atomic E-state index is 0.0391. The van der Waals surface area contributed by atoms with Crippen LogP contribution in [0, 0.1) is 10.1 Å². The van der Waals surface area contributed by atoms with E-state index in [2.05, 4.69) is 20.8 Å². The van der Waals surface area contributed by atoms with Gasteiger partial charge < -0.3 is 5.32 Å². The Hall–Kier alpha value is -3.62. The van der Waals surface area contributed by atoms with Gasteiger partial charge in [-0.3, -0.25) is 14.9 Å². The Morgan fingerprint density at radius 1 is 1.24 bits per heavy atom. The summed E-state index contributed by atoms with van der Waals surface area (Å²) in [5.41, 5.74) is 1.89. The number of nitrogens with zero attached hydrogens (tertiary/aromatic N) is 5. The number of anilines is 1. The summed E-state index contributed by atoms with van der Waals surface area (Å²) in [6.45, 7) is 0. The summed E-state index contributed by atoms with van der Waals surface area (Å²) < 4.78 is 1.53. The molecule has 0 saturated heterocycles. The van der Waals surface area contributed by atoms with Gasteiger partial charge >= 0.3 is 0 Å². The summed E-state index contributed by atoms with van der Waals surface area (Å²) in [5.74, 6) is 0.309. The summed E-state index contributed by atoms with van der Waals surface area (Å²) >= 11 is 0. The van der Waals surface area contributed by atoms with Gasteiger partial charge in [-0.1, -0.05) is 24.3 Å². The molecule has 3 aromatic rings. The molecule has 0 aliphatic heterocycles. The fourth-order valence-electron chi connectivity index (χ4n) is 2.38. The highest BCUT2D eigenvalue weighted by Gasteiger charge is 2.11. The van der Waals surface area contributed by atoms with Crippen LogP contribution < -0.4 is 5.32 Å². The summed E-state index contributed by atoms with van der Waals surface area (Å²) in [5, 5.41) is 24.9. The third kappa shape index (κ3) is 3.83. The van der Waals surface area contributed by atoms with Crippen LogP contribution in [-0.2, 0) is 18.3 Å². The van der Waals surface area contributed by atoms with Gasteiger partial charge in [0.15, 0.2) is 5.82 Å². The van der Waals surface area contributed by atoms with Crippen LogP contribution in [-0.4, -0.2) is 31.0 Å². The molecule has 9 heteroatoms. The van der Waals surface area contributed by atoms with E-state index in [1.54, 1.807) is 37.4 Å². The molecule has 1 heterocycles. The van der Waals surface area contributed by atoms with Crippen molar-refractivity contribution in [1.29, 1.82) is 0 Å². The number of nitrogens with one attached hydrogen (secondary N) is 1. The predicted molar refractivity (Wildman–Crippen MR) is 89.7 cm³/mol. The van der Waals surface area contributed by atoms with E-state index in [1.165, 1.54) is 16.8 Å². The first-order chi connectivity index (χ1) is 12.0. The normalized spacial score (nSPS) is 10.4. The maximum Gasteiger partial charge on any atom is 0.269 e. The van der Waals surface area contributed by atoms with Crippen molar-refractivity contribution in [1.82, 2.24) is 20.2 Å². The molecule has 0 spiro atoms. The maximum absolute atomic E-state index is 12.2. The van der Waals surface area contributed by atoms with Gasteiger partial charge in [0.1, 0.15) is 0 Å². The second kappa shape index (κ2) is 6.87. The summed E-state index contributed by atoms with van der Waals surface area (Å²) in [6, 6.07) is 13.1. The molecule has 25 heavy (non-hydrogen) atoms. The fourth-order valence-corrected chi connectivity index (χ4v) is 2.38. The average molecular weight is 338 g/mol. The molecule has 0 unspecified atom stereocenters. The van der Waals surface area contributed by atoms with Gasteiger partial charge in [-0.15, -0.1) is 5.10 Å². The average Bonchev–Trinajstić information content (AvgIpc) is 3.01. The summed E-state index contributed by atoms with van der Waals surface area (Å²) in [7, 11) is 1.73. The predicted octanol–water partition coefficient (Wildman–Crippen LogP) is 1.97. The van der Waals surface area contributed by atoms with E-state index in [9.17, 15) is 14.9 Å². The Kier molecular flexibility index (Phi) is 4.46. The van der Waals surface area contributed by atoms with Crippen molar-refractivity contribution in [3.05, 3.63) is 64.2 Å². The number of benzene rings is 2. The van der Waals surface area contributed by atoms with E-state index in [4.69, 9.17) is 0 Å². The first-order valence-electron chi connectivity index (χ1n) is 7.39. The van der Waals surface area contributed by atoms with Crippen LogP contribution in [0.15, 0.2) is 48.5 Å². The summed E-state index contributed by atoms with van der Waals surface area (Å²) in [4.78, 5) is 22.5. The van der Waals surface area contributed by atoms with Gasteiger partial charge in [0.25, 0.3) is 5.69 Å². The Morgan fingerprint density at radius 2 is 2.04 bits per heavy atom. The van der Waals surface area contributed by atoms with E-state index in [0.717, 1.165) is 5.56 Å². The first kappa shape index (κ1) is 16.2. The van der Waals surface area contributed by atoms with E-state index in [0.29, 0.717) is 17.1 Å². The quantitative estimate of drug-likeness (QED) is 0.561. The van der Waals surface area contributed by atoms with Gasteiger partial charge in [0, 0.05) is 30.4 Å². The van der Waals surface area contributed by atoms with Crippen molar-refractivity contribution in [2.75, 3.05) is 5.32 Å². The number of nitro benzene ring substituents is 1. The SMILES string of the molecule is Cn1nnnc1-c1cccc(NC(=O)Cc2cccc([N+](=O)[O-])c2)c1. The van der Waals surface area contributed by atoms with Crippen molar-refractivity contribution < 1.29 is 9.72 Å². The van der Waals surface area contributed by atoms with Crippen LogP contribution in [0.5, 0.6) is 0 Å². The van der Waals surface area contributed by atoms with Crippen molar-refractivity contribution in [3.8, 4) is 11.4 Å². The smallest absolute Gasteiger partial charge is 0.269 e. The second-order valence-corrected chi connectivity index (χ2v) is 5.36. The molecule has 1 amide bonds. The molecule has 0 bridgehead atoms. The molecule has 126 valence electrons. The molecule has 0 fully saturated rings. The molecule has 0 aliphatic rings. The lowest BCUT2D eigenvalue weighted by atomic mass is 10.1. The highest BCUT2D eigenvalue weighted by atomic mass is 16.6. The largest absolute Gasteiger partial charge is 0.326 e. The molecule has 1 N–H and O–H groups in total. The molecule has 1 aromatic heterocycles. The monoisotopic (exact) mass is 338 g/mol. The molecular weight excluding hydrogens is 324 g/mol. The van der Waals surface area contributed by atoms with Gasteiger partial charge in [-0.2, -0.15) is 0 Å². The van der Waals surface area contributed by atoms with Crippen LogP contribution in [0.1, 0.15) is 5.56 Å². The Bertz CT molecular complexity index is 937. The van der Waals surface area contributed by atoms with Crippen LogP contribution in [0.2, 0.25) is 0 Å². The zero-order chi connectivity index (χ0) is 17.8.